The number of rotatable bonds is 4. The Kier molecular flexibility index (Phi) is 4.57. The first-order valence-corrected chi connectivity index (χ1v) is 9.10. The zero-order chi connectivity index (χ0) is 17.9. The molecule has 4 rings (SSSR count). The predicted octanol–water partition coefficient (Wildman–Crippen LogP) is 0.794. The average Bonchev–Trinajstić information content (AvgIpc) is 3.36. The molecular formula is C16H16N6O3S. The molecule has 4 heterocycles. The highest BCUT2D eigenvalue weighted by Gasteiger charge is 2.26. The van der Waals surface area contributed by atoms with Crippen molar-refractivity contribution in [2.24, 2.45) is 0 Å². The monoisotopic (exact) mass is 372 g/mol. The number of carbonyl (C=O) groups is 2. The van der Waals surface area contributed by atoms with Crippen molar-refractivity contribution >= 4 is 29.4 Å². The molecule has 9 nitrogen and oxygen atoms in total. The molecule has 134 valence electrons. The number of carbonyl (C=O) groups excluding carboxylic acids is 2. The van der Waals surface area contributed by atoms with Crippen molar-refractivity contribution in [2.75, 3.05) is 31.9 Å². The third kappa shape index (κ3) is 3.27. The summed E-state index contributed by atoms with van der Waals surface area (Å²) in [7, 11) is 0. The van der Waals surface area contributed by atoms with E-state index in [2.05, 4.69) is 15.2 Å². The number of aromatic nitrogens is 4. The SMILES string of the molecule is O=C(CSc1nnc2ncccn12)N1CCN(C(=O)c2ccco2)CC1. The molecule has 0 spiro atoms. The quantitative estimate of drug-likeness (QED) is 0.625. The summed E-state index contributed by atoms with van der Waals surface area (Å²) in [5, 5.41) is 8.65. The van der Waals surface area contributed by atoms with E-state index in [0.717, 1.165) is 0 Å². The van der Waals surface area contributed by atoms with Crippen LogP contribution in [0.5, 0.6) is 0 Å². The van der Waals surface area contributed by atoms with Crippen molar-refractivity contribution in [3.63, 3.8) is 0 Å². The van der Waals surface area contributed by atoms with E-state index in [1.807, 2.05) is 6.20 Å². The fourth-order valence-electron chi connectivity index (χ4n) is 2.75. The van der Waals surface area contributed by atoms with Gasteiger partial charge in [-0.15, -0.1) is 10.2 Å². The van der Waals surface area contributed by atoms with Gasteiger partial charge in [0.1, 0.15) is 0 Å². The second-order valence-corrected chi connectivity index (χ2v) is 6.65. The topological polar surface area (TPSA) is 96.8 Å². The Labute approximate surface area is 153 Å². The molecule has 3 aromatic rings. The largest absolute Gasteiger partial charge is 0.459 e. The Hall–Kier alpha value is -2.88. The van der Waals surface area contributed by atoms with E-state index in [9.17, 15) is 9.59 Å². The van der Waals surface area contributed by atoms with E-state index in [1.54, 1.807) is 38.6 Å². The number of piperazine rings is 1. The van der Waals surface area contributed by atoms with Gasteiger partial charge in [0.15, 0.2) is 10.9 Å². The summed E-state index contributed by atoms with van der Waals surface area (Å²) in [5.41, 5.74) is 0. The smallest absolute Gasteiger partial charge is 0.289 e. The van der Waals surface area contributed by atoms with Crippen LogP contribution < -0.4 is 0 Å². The number of fused-ring (bicyclic) bond motifs is 1. The molecule has 1 aliphatic rings. The molecule has 26 heavy (non-hydrogen) atoms. The molecule has 0 aromatic carbocycles. The first kappa shape index (κ1) is 16.6. The van der Waals surface area contributed by atoms with Crippen molar-refractivity contribution in [1.29, 1.82) is 0 Å². The Morgan fingerprint density at radius 3 is 2.69 bits per heavy atom. The number of hydrogen-bond donors (Lipinski definition) is 0. The average molecular weight is 372 g/mol. The lowest BCUT2D eigenvalue weighted by molar-refractivity contribution is -0.129. The number of hydrogen-bond acceptors (Lipinski definition) is 7. The molecule has 1 fully saturated rings. The van der Waals surface area contributed by atoms with Crippen molar-refractivity contribution in [2.45, 2.75) is 5.16 Å². The molecule has 1 saturated heterocycles. The van der Waals surface area contributed by atoms with Gasteiger partial charge in [0.25, 0.3) is 11.7 Å². The summed E-state index contributed by atoms with van der Waals surface area (Å²) < 4.78 is 6.89. The number of nitrogens with zero attached hydrogens (tertiary/aromatic N) is 6. The molecule has 0 N–H and O–H groups in total. The summed E-state index contributed by atoms with van der Waals surface area (Å²) in [5.74, 6) is 0.974. The maximum absolute atomic E-state index is 12.4. The standard InChI is InChI=1S/C16H16N6O3S/c23-13(11-26-16-19-18-15-17-4-2-5-22(15)16)20-6-8-21(9-7-20)14(24)12-3-1-10-25-12/h1-5,10H,6-9,11H2. The molecule has 1 aliphatic heterocycles. The van der Waals surface area contributed by atoms with Crippen LogP contribution in [0.4, 0.5) is 0 Å². The van der Waals surface area contributed by atoms with Gasteiger partial charge >= 0.3 is 0 Å². The summed E-state index contributed by atoms with van der Waals surface area (Å²) in [6.45, 7) is 2.00. The van der Waals surface area contributed by atoms with Crippen molar-refractivity contribution in [3.8, 4) is 0 Å². The molecule has 0 saturated carbocycles. The minimum Gasteiger partial charge on any atom is -0.459 e. The second-order valence-electron chi connectivity index (χ2n) is 5.71. The second kappa shape index (κ2) is 7.16. The lowest BCUT2D eigenvalue weighted by Crippen LogP contribution is -2.51. The van der Waals surface area contributed by atoms with Crippen LogP contribution in [0.3, 0.4) is 0 Å². The van der Waals surface area contributed by atoms with Crippen LogP contribution in [0.25, 0.3) is 5.78 Å². The van der Waals surface area contributed by atoms with E-state index in [0.29, 0.717) is 42.9 Å². The molecule has 3 aromatic heterocycles. The third-order valence-electron chi connectivity index (χ3n) is 4.13. The van der Waals surface area contributed by atoms with Crippen LogP contribution in [0.15, 0.2) is 46.4 Å². The predicted molar refractivity (Wildman–Crippen MR) is 92.7 cm³/mol. The van der Waals surface area contributed by atoms with Crippen molar-refractivity contribution in [1.82, 2.24) is 29.4 Å². The minimum absolute atomic E-state index is 0.0146. The summed E-state index contributed by atoms with van der Waals surface area (Å²) in [6.07, 6.45) is 4.94. The van der Waals surface area contributed by atoms with Crippen LogP contribution in [0.2, 0.25) is 0 Å². The maximum atomic E-state index is 12.4. The number of furan rings is 1. The van der Waals surface area contributed by atoms with Crippen LogP contribution in [0, 0.1) is 0 Å². The van der Waals surface area contributed by atoms with Crippen molar-refractivity contribution in [3.05, 3.63) is 42.6 Å². The Balaban J connectivity index is 1.30. The lowest BCUT2D eigenvalue weighted by atomic mass is 10.3. The highest BCUT2D eigenvalue weighted by Crippen LogP contribution is 2.17. The number of amides is 2. The normalized spacial score (nSPS) is 14.8. The fraction of sp³-hybridized carbons (Fsp3) is 0.312. The van der Waals surface area contributed by atoms with Gasteiger partial charge in [-0.3, -0.25) is 14.0 Å². The zero-order valence-electron chi connectivity index (χ0n) is 13.8. The number of thioether (sulfide) groups is 1. The first-order valence-electron chi connectivity index (χ1n) is 8.11. The van der Waals surface area contributed by atoms with E-state index in [1.165, 1.54) is 18.0 Å². The van der Waals surface area contributed by atoms with E-state index in [-0.39, 0.29) is 17.6 Å². The molecular weight excluding hydrogens is 356 g/mol. The summed E-state index contributed by atoms with van der Waals surface area (Å²) >= 11 is 1.33. The van der Waals surface area contributed by atoms with Crippen LogP contribution in [-0.4, -0.2) is 73.1 Å². The van der Waals surface area contributed by atoms with Crippen molar-refractivity contribution < 1.29 is 14.0 Å². The summed E-state index contributed by atoms with van der Waals surface area (Å²) in [4.78, 5) is 32.3. The van der Waals surface area contributed by atoms with Gasteiger partial charge in [-0.05, 0) is 18.2 Å². The molecule has 0 unspecified atom stereocenters. The highest BCUT2D eigenvalue weighted by molar-refractivity contribution is 7.99. The van der Waals surface area contributed by atoms with Gasteiger partial charge in [0.05, 0.1) is 12.0 Å². The van der Waals surface area contributed by atoms with Crippen LogP contribution in [-0.2, 0) is 4.79 Å². The van der Waals surface area contributed by atoms with Gasteiger partial charge in [-0.2, -0.15) is 0 Å². The van der Waals surface area contributed by atoms with E-state index in [4.69, 9.17) is 4.42 Å². The molecule has 0 aliphatic carbocycles. The Morgan fingerprint density at radius 2 is 1.92 bits per heavy atom. The maximum Gasteiger partial charge on any atom is 0.289 e. The fourth-order valence-corrected chi connectivity index (χ4v) is 3.57. The first-order chi connectivity index (χ1) is 12.7. The summed E-state index contributed by atoms with van der Waals surface area (Å²) in [6, 6.07) is 5.12. The molecule has 2 amide bonds. The van der Waals surface area contributed by atoms with Gasteiger partial charge in [-0.1, -0.05) is 11.8 Å². The van der Waals surface area contributed by atoms with Gasteiger partial charge in [-0.25, -0.2) is 4.98 Å². The van der Waals surface area contributed by atoms with Gasteiger partial charge in [0.2, 0.25) is 5.91 Å². The van der Waals surface area contributed by atoms with Gasteiger partial charge < -0.3 is 14.2 Å². The highest BCUT2D eigenvalue weighted by atomic mass is 32.2. The minimum atomic E-state index is -0.140. The van der Waals surface area contributed by atoms with Crippen LogP contribution >= 0.6 is 11.8 Å². The Bertz CT molecular complexity index is 917. The molecule has 0 atom stereocenters. The van der Waals surface area contributed by atoms with E-state index >= 15 is 0 Å². The molecule has 0 radical (unpaired) electrons. The zero-order valence-corrected chi connectivity index (χ0v) is 14.6. The van der Waals surface area contributed by atoms with Gasteiger partial charge in [0, 0.05) is 38.6 Å². The molecule has 10 heteroatoms. The third-order valence-corrected chi connectivity index (χ3v) is 5.06. The molecule has 0 bridgehead atoms. The van der Waals surface area contributed by atoms with E-state index < -0.39 is 0 Å². The lowest BCUT2D eigenvalue weighted by Gasteiger charge is -2.34. The van der Waals surface area contributed by atoms with Crippen LogP contribution in [0.1, 0.15) is 10.6 Å². The Morgan fingerprint density at radius 1 is 1.12 bits per heavy atom.